The molecule has 0 aromatic heterocycles. The van der Waals surface area contributed by atoms with Crippen molar-refractivity contribution in [1.29, 1.82) is 0 Å². The first-order valence-corrected chi connectivity index (χ1v) is 16.9. The number of hydrogen-bond donors (Lipinski definition) is 13. The minimum atomic E-state index is -1.40. The molecule has 23 heteroatoms. The van der Waals surface area contributed by atoms with E-state index in [1.165, 1.54) is 6.07 Å². The van der Waals surface area contributed by atoms with Gasteiger partial charge in [-0.3, -0.25) is 38.4 Å². The highest BCUT2D eigenvalue weighted by Gasteiger charge is 2.27. The summed E-state index contributed by atoms with van der Waals surface area (Å²) in [6.07, 6.45) is -1.20. The second kappa shape index (κ2) is 22.1. The predicted octanol–water partition coefficient (Wildman–Crippen LogP) is -3.46. The molecule has 0 fully saturated rings. The summed E-state index contributed by atoms with van der Waals surface area (Å²) >= 11 is 1.57. The molecule has 0 radical (unpaired) electrons. The molecule has 16 N–H and O–H groups in total. The van der Waals surface area contributed by atoms with E-state index in [9.17, 15) is 48.6 Å². The third-order valence-electron chi connectivity index (χ3n) is 6.61. The molecule has 0 spiro atoms. The highest BCUT2D eigenvalue weighted by atomic mass is 32.2. The largest absolute Gasteiger partial charge is 0.503 e. The van der Waals surface area contributed by atoms with Crippen LogP contribution in [0.3, 0.4) is 0 Å². The number of carboxylic acids is 4. The van der Waals surface area contributed by atoms with Crippen LogP contribution < -0.4 is 38.5 Å². The third kappa shape index (κ3) is 16.2. The van der Waals surface area contributed by atoms with Crippen molar-refractivity contribution in [2.45, 2.75) is 66.1 Å². The van der Waals surface area contributed by atoms with Gasteiger partial charge in [0.2, 0.25) is 23.6 Å². The molecule has 0 saturated heterocycles. The molecule has 1 aromatic carbocycles. The normalized spacial score (nSPS) is 13.2. The summed E-state index contributed by atoms with van der Waals surface area (Å²) in [5.41, 5.74) is 16.9. The lowest BCUT2D eigenvalue weighted by Crippen LogP contribution is -2.49. The maximum absolute atomic E-state index is 12.8. The zero-order valence-corrected chi connectivity index (χ0v) is 28.6. The van der Waals surface area contributed by atoms with Crippen LogP contribution >= 0.6 is 23.5 Å². The fraction of sp³-hybridized carbons (Fsp3) is 0.500. The van der Waals surface area contributed by atoms with Crippen LogP contribution in [0, 0.1) is 0 Å². The van der Waals surface area contributed by atoms with Crippen molar-refractivity contribution in [3.63, 3.8) is 0 Å². The van der Waals surface area contributed by atoms with E-state index in [-0.39, 0.29) is 59.9 Å². The summed E-state index contributed by atoms with van der Waals surface area (Å²) in [4.78, 5) is 94.3. The summed E-state index contributed by atoms with van der Waals surface area (Å²) in [5, 5.41) is 66.6. The maximum atomic E-state index is 12.8. The lowest BCUT2D eigenvalue weighted by atomic mass is 10.1. The number of carbonyl (C=O) groups is 8. The van der Waals surface area contributed by atoms with Gasteiger partial charge in [-0.05, 0) is 37.4 Å². The number of aromatic hydroxyl groups is 2. The fourth-order valence-corrected chi connectivity index (χ4v) is 6.10. The van der Waals surface area contributed by atoms with E-state index >= 15 is 0 Å². The van der Waals surface area contributed by atoms with E-state index in [1.54, 1.807) is 0 Å². The van der Waals surface area contributed by atoms with Crippen molar-refractivity contribution in [2.24, 2.45) is 17.2 Å². The Bertz CT molecular complexity index is 1460. The van der Waals surface area contributed by atoms with Crippen molar-refractivity contribution in [3.8, 4) is 11.5 Å². The fourth-order valence-electron chi connectivity index (χ4n) is 3.91. The van der Waals surface area contributed by atoms with Crippen LogP contribution in [0.1, 0.15) is 31.2 Å². The third-order valence-corrected chi connectivity index (χ3v) is 8.98. The minimum absolute atomic E-state index is 0.00249. The molecule has 51 heavy (non-hydrogen) atoms. The Kier molecular flexibility index (Phi) is 19.1. The van der Waals surface area contributed by atoms with E-state index in [1.807, 2.05) is 0 Å². The van der Waals surface area contributed by atoms with Gasteiger partial charge in [0.25, 0.3) is 0 Å². The molecule has 0 saturated carbocycles. The number of hydrogen-bond acceptors (Lipinski definition) is 15. The minimum Gasteiger partial charge on any atom is -0.503 e. The van der Waals surface area contributed by atoms with Gasteiger partial charge in [0.15, 0.2) is 11.5 Å². The molecule has 0 aliphatic rings. The van der Waals surface area contributed by atoms with Gasteiger partial charge in [0, 0.05) is 24.3 Å². The van der Waals surface area contributed by atoms with Gasteiger partial charge in [0.1, 0.15) is 37.3 Å². The molecule has 4 amide bonds. The molecule has 0 heterocycles. The summed E-state index contributed by atoms with van der Waals surface area (Å²) in [7, 11) is 0. The van der Waals surface area contributed by atoms with E-state index in [0.29, 0.717) is 5.56 Å². The Morgan fingerprint density at radius 2 is 1.12 bits per heavy atom. The molecule has 21 nitrogen and oxygen atoms in total. The number of rotatable bonds is 24. The van der Waals surface area contributed by atoms with Crippen molar-refractivity contribution in [3.05, 3.63) is 11.6 Å². The Labute approximate surface area is 298 Å². The SMILES string of the molecule is NCCc1cc(SC[C@H](NC(=O)CC[C@H](N)C(=O)O)C(=O)NCC(=O)O)c(O)c(O)c1SC[C@H](NC(=O)CC[C@H](N)C(=O)O)C(=O)NCC(=O)O. The van der Waals surface area contributed by atoms with Gasteiger partial charge in [0.05, 0.1) is 9.79 Å². The molecular weight excluding hydrogens is 722 g/mol. The molecular formula is C28H41N7O14S2. The van der Waals surface area contributed by atoms with Crippen molar-refractivity contribution < 1.29 is 69.0 Å². The van der Waals surface area contributed by atoms with Crippen molar-refractivity contribution >= 4 is 71.0 Å². The average Bonchev–Trinajstić information content (AvgIpc) is 3.06. The van der Waals surface area contributed by atoms with Crippen LogP contribution in [0.25, 0.3) is 0 Å². The van der Waals surface area contributed by atoms with Crippen LogP contribution in [-0.2, 0) is 44.8 Å². The van der Waals surface area contributed by atoms with Crippen LogP contribution in [0.5, 0.6) is 11.5 Å². The Morgan fingerprint density at radius 1 is 0.686 bits per heavy atom. The number of phenolic OH excluding ortho intramolecular Hbond substituents is 2. The van der Waals surface area contributed by atoms with Gasteiger partial charge in [-0.15, -0.1) is 23.5 Å². The number of nitrogens with one attached hydrogen (secondary N) is 4. The first kappa shape index (κ1) is 44.2. The Balaban J connectivity index is 3.27. The molecule has 4 atom stereocenters. The number of carboxylic acid groups (broad SMARTS) is 4. The maximum Gasteiger partial charge on any atom is 0.322 e. The number of amides is 4. The molecule has 0 unspecified atom stereocenters. The molecule has 0 bridgehead atoms. The van der Waals surface area contributed by atoms with Crippen LogP contribution in [-0.4, -0.2) is 133 Å². The van der Waals surface area contributed by atoms with E-state index in [4.69, 9.17) is 37.6 Å². The zero-order valence-electron chi connectivity index (χ0n) is 27.0. The predicted molar refractivity (Wildman–Crippen MR) is 179 cm³/mol. The van der Waals surface area contributed by atoms with Gasteiger partial charge in [-0.1, -0.05) is 0 Å². The second-order valence-corrected chi connectivity index (χ2v) is 12.7. The van der Waals surface area contributed by atoms with Crippen LogP contribution in [0.4, 0.5) is 0 Å². The summed E-state index contributed by atoms with van der Waals surface area (Å²) < 4.78 is 0. The first-order valence-electron chi connectivity index (χ1n) is 15.0. The summed E-state index contributed by atoms with van der Waals surface area (Å²) in [6, 6.07) is -4.10. The van der Waals surface area contributed by atoms with Crippen molar-refractivity contribution in [1.82, 2.24) is 21.3 Å². The topological polar surface area (TPSA) is 384 Å². The number of carbonyl (C=O) groups excluding carboxylic acids is 4. The van der Waals surface area contributed by atoms with Crippen molar-refractivity contribution in [2.75, 3.05) is 31.1 Å². The van der Waals surface area contributed by atoms with E-state index in [2.05, 4.69) is 21.3 Å². The number of phenols is 2. The highest BCUT2D eigenvalue weighted by molar-refractivity contribution is 8.00. The van der Waals surface area contributed by atoms with Crippen LogP contribution in [0.2, 0.25) is 0 Å². The van der Waals surface area contributed by atoms with E-state index < -0.39 is 96.3 Å². The van der Waals surface area contributed by atoms with Gasteiger partial charge < -0.3 is 69.1 Å². The van der Waals surface area contributed by atoms with Gasteiger partial charge in [-0.25, -0.2) is 0 Å². The van der Waals surface area contributed by atoms with Gasteiger partial charge >= 0.3 is 23.9 Å². The second-order valence-electron chi connectivity index (χ2n) is 10.7. The monoisotopic (exact) mass is 763 g/mol. The molecule has 0 aliphatic heterocycles. The highest BCUT2D eigenvalue weighted by Crippen LogP contribution is 2.45. The average molecular weight is 764 g/mol. The number of aliphatic carboxylic acids is 4. The van der Waals surface area contributed by atoms with E-state index in [0.717, 1.165) is 23.5 Å². The molecule has 0 aliphatic carbocycles. The lowest BCUT2D eigenvalue weighted by Gasteiger charge is -2.21. The Morgan fingerprint density at radius 3 is 1.51 bits per heavy atom. The zero-order chi connectivity index (χ0) is 38.8. The van der Waals surface area contributed by atoms with Crippen LogP contribution in [0.15, 0.2) is 15.9 Å². The quantitative estimate of drug-likeness (QED) is 0.0359. The Hall–Kier alpha value is -4.84. The first-order chi connectivity index (χ1) is 23.9. The van der Waals surface area contributed by atoms with Gasteiger partial charge in [-0.2, -0.15) is 0 Å². The smallest absolute Gasteiger partial charge is 0.322 e. The molecule has 1 aromatic rings. The standard InChI is InChI=1S/C28H41N7O14S2/c29-6-5-12-7-17(50-10-15(25(44)32-8-20(38)39)34-18(36)3-1-13(30)27(46)47)22(42)23(43)24(12)51-11-16(26(45)33-9-21(40)41)35-19(37)4-2-14(31)28(48)49/h7,13-16,42-43H,1-6,8-11,29-31H2,(H,32,44)(H,33,45)(H,34,36)(H,35,37)(H,38,39)(H,40,41)(H,46,47)(H,48,49)/t13-,14-,15-,16-/m0/s1. The number of benzene rings is 1. The number of thioether (sulfide) groups is 2. The molecule has 284 valence electrons. The lowest BCUT2D eigenvalue weighted by molar-refractivity contribution is -0.140. The summed E-state index contributed by atoms with van der Waals surface area (Å²) in [6.45, 7) is -1.55. The molecule has 1 rings (SSSR count). The summed E-state index contributed by atoms with van der Waals surface area (Å²) in [5.74, 6) is -10.8. The number of nitrogens with two attached hydrogens (primary N) is 3.